The van der Waals surface area contributed by atoms with Crippen molar-refractivity contribution in [1.82, 2.24) is 0 Å². The monoisotopic (exact) mass is 315 g/mol. The molecule has 2 atom stereocenters. The van der Waals surface area contributed by atoms with Crippen LogP contribution in [-0.4, -0.2) is 35.6 Å². The van der Waals surface area contributed by atoms with Crippen LogP contribution in [0.1, 0.15) is 17.3 Å². The third-order valence-electron chi connectivity index (χ3n) is 2.30. The molecule has 0 aromatic heterocycles. The summed E-state index contributed by atoms with van der Waals surface area (Å²) in [5.41, 5.74) is 5.80. The Morgan fingerprint density at radius 1 is 1.39 bits per heavy atom. The molecule has 0 aliphatic heterocycles. The van der Waals surface area contributed by atoms with Crippen molar-refractivity contribution in [3.05, 3.63) is 34.3 Å². The maximum Gasteiger partial charge on any atom is 0.326 e. The smallest absolute Gasteiger partial charge is 0.326 e. The fraction of sp³-hybridized carbons (Fsp3) is 0.333. The number of halogens is 1. The summed E-state index contributed by atoms with van der Waals surface area (Å²) in [7, 11) is 0. The molecule has 0 saturated heterocycles. The first-order valence-electron chi connectivity index (χ1n) is 5.31. The predicted octanol–water partition coefficient (Wildman–Crippen LogP) is 0.883. The van der Waals surface area contributed by atoms with Gasteiger partial charge in [-0.1, -0.05) is 28.1 Å². The van der Waals surface area contributed by atoms with Crippen LogP contribution in [0.3, 0.4) is 0 Å². The molecule has 0 aliphatic rings. The summed E-state index contributed by atoms with van der Waals surface area (Å²) >= 11 is 3.25. The number of hydrogen-bond donors (Lipinski definition) is 2. The average Bonchev–Trinajstić information content (AvgIpc) is 2.35. The van der Waals surface area contributed by atoms with E-state index in [-0.39, 0.29) is 12.4 Å². The van der Waals surface area contributed by atoms with E-state index in [0.29, 0.717) is 5.56 Å². The predicted molar refractivity (Wildman–Crippen MR) is 69.1 cm³/mol. The van der Waals surface area contributed by atoms with Gasteiger partial charge < -0.3 is 15.6 Å². The standard InChI is InChI=1S/C12H14BrNO4/c1-7(15)11(14)12(17)18-6-10(16)8-2-4-9(13)5-3-8/h2-5,7,11,15H,6,14H2,1H3/t7-,11+/m1/s1. The Bertz CT molecular complexity index is 430. The van der Waals surface area contributed by atoms with Crippen LogP contribution >= 0.6 is 15.9 Å². The number of ether oxygens (including phenoxy) is 1. The lowest BCUT2D eigenvalue weighted by Gasteiger charge is -2.13. The van der Waals surface area contributed by atoms with Gasteiger partial charge in [-0.2, -0.15) is 0 Å². The Hall–Kier alpha value is -1.24. The number of rotatable bonds is 5. The van der Waals surface area contributed by atoms with Crippen LogP contribution in [-0.2, 0) is 9.53 Å². The second kappa shape index (κ2) is 6.63. The van der Waals surface area contributed by atoms with E-state index < -0.39 is 18.1 Å². The normalized spacial score (nSPS) is 13.8. The number of carbonyl (C=O) groups excluding carboxylic acids is 2. The Kier molecular flexibility index (Phi) is 5.46. The molecule has 0 bridgehead atoms. The zero-order chi connectivity index (χ0) is 13.7. The first kappa shape index (κ1) is 14.8. The molecule has 18 heavy (non-hydrogen) atoms. The maximum atomic E-state index is 11.7. The highest BCUT2D eigenvalue weighted by molar-refractivity contribution is 9.10. The summed E-state index contributed by atoms with van der Waals surface area (Å²) in [5.74, 6) is -1.12. The molecular weight excluding hydrogens is 302 g/mol. The topological polar surface area (TPSA) is 89.6 Å². The molecule has 0 saturated carbocycles. The van der Waals surface area contributed by atoms with E-state index in [1.807, 2.05) is 0 Å². The van der Waals surface area contributed by atoms with Crippen molar-refractivity contribution in [3.8, 4) is 0 Å². The summed E-state index contributed by atoms with van der Waals surface area (Å²) in [6, 6.07) is 5.54. The SMILES string of the molecule is C[C@@H](O)[C@H](N)C(=O)OCC(=O)c1ccc(Br)cc1. The number of esters is 1. The van der Waals surface area contributed by atoms with E-state index in [4.69, 9.17) is 15.6 Å². The zero-order valence-electron chi connectivity index (χ0n) is 9.80. The minimum atomic E-state index is -1.14. The summed E-state index contributed by atoms with van der Waals surface area (Å²) in [6.07, 6.45) is -1.01. The maximum absolute atomic E-state index is 11.7. The number of aliphatic hydroxyl groups is 1. The van der Waals surface area contributed by atoms with E-state index in [1.54, 1.807) is 24.3 Å². The molecule has 0 aliphatic carbocycles. The van der Waals surface area contributed by atoms with Crippen molar-refractivity contribution in [2.24, 2.45) is 5.73 Å². The van der Waals surface area contributed by atoms with Gasteiger partial charge in [0.25, 0.3) is 0 Å². The highest BCUT2D eigenvalue weighted by Gasteiger charge is 2.21. The first-order chi connectivity index (χ1) is 8.41. The number of benzene rings is 1. The molecule has 1 aromatic carbocycles. The number of ketones is 1. The van der Waals surface area contributed by atoms with Crippen LogP contribution in [0, 0.1) is 0 Å². The van der Waals surface area contributed by atoms with Crippen molar-refractivity contribution < 1.29 is 19.4 Å². The van der Waals surface area contributed by atoms with Crippen LogP contribution in [0.25, 0.3) is 0 Å². The van der Waals surface area contributed by atoms with Gasteiger partial charge in [-0.15, -0.1) is 0 Å². The Balaban J connectivity index is 2.51. The van der Waals surface area contributed by atoms with E-state index in [2.05, 4.69) is 15.9 Å². The quantitative estimate of drug-likeness (QED) is 0.622. The third kappa shape index (κ3) is 4.21. The second-order valence-electron chi connectivity index (χ2n) is 3.80. The van der Waals surface area contributed by atoms with Crippen LogP contribution in [0.5, 0.6) is 0 Å². The number of aliphatic hydroxyl groups excluding tert-OH is 1. The van der Waals surface area contributed by atoms with Crippen molar-refractivity contribution in [3.63, 3.8) is 0 Å². The molecule has 5 nitrogen and oxygen atoms in total. The van der Waals surface area contributed by atoms with Gasteiger partial charge in [-0.25, -0.2) is 0 Å². The number of hydrogen-bond acceptors (Lipinski definition) is 5. The van der Waals surface area contributed by atoms with Crippen molar-refractivity contribution in [2.75, 3.05) is 6.61 Å². The highest BCUT2D eigenvalue weighted by Crippen LogP contribution is 2.11. The summed E-state index contributed by atoms with van der Waals surface area (Å²) in [4.78, 5) is 23.0. The number of Topliss-reactive ketones (excluding diaryl/α,β-unsaturated/α-hetero) is 1. The lowest BCUT2D eigenvalue weighted by Crippen LogP contribution is -2.42. The van der Waals surface area contributed by atoms with Gasteiger partial charge in [0.1, 0.15) is 6.04 Å². The van der Waals surface area contributed by atoms with Crippen molar-refractivity contribution >= 4 is 27.7 Å². The van der Waals surface area contributed by atoms with Gasteiger partial charge in [-0.3, -0.25) is 9.59 Å². The van der Waals surface area contributed by atoms with E-state index >= 15 is 0 Å². The van der Waals surface area contributed by atoms with Gasteiger partial charge in [0.2, 0.25) is 0 Å². The molecule has 0 heterocycles. The van der Waals surface area contributed by atoms with Crippen molar-refractivity contribution in [2.45, 2.75) is 19.1 Å². The van der Waals surface area contributed by atoms with Crippen molar-refractivity contribution in [1.29, 1.82) is 0 Å². The van der Waals surface area contributed by atoms with Gasteiger partial charge in [0.15, 0.2) is 12.4 Å². The van der Waals surface area contributed by atoms with Crippen LogP contribution in [0.15, 0.2) is 28.7 Å². The molecular formula is C12H14BrNO4. The Morgan fingerprint density at radius 3 is 2.44 bits per heavy atom. The van der Waals surface area contributed by atoms with Crippen LogP contribution in [0.2, 0.25) is 0 Å². The fourth-order valence-corrected chi connectivity index (χ4v) is 1.41. The van der Waals surface area contributed by atoms with Crippen LogP contribution < -0.4 is 5.73 Å². The molecule has 6 heteroatoms. The van der Waals surface area contributed by atoms with Gasteiger partial charge >= 0.3 is 5.97 Å². The molecule has 0 spiro atoms. The van der Waals surface area contributed by atoms with Gasteiger partial charge in [0.05, 0.1) is 6.10 Å². The third-order valence-corrected chi connectivity index (χ3v) is 2.83. The number of carbonyl (C=O) groups is 2. The second-order valence-corrected chi connectivity index (χ2v) is 4.72. The molecule has 1 rings (SSSR count). The Labute approximate surface area is 113 Å². The minimum absolute atomic E-state index is 0.325. The summed E-state index contributed by atoms with van der Waals surface area (Å²) in [6.45, 7) is 0.989. The van der Waals surface area contributed by atoms with E-state index in [9.17, 15) is 9.59 Å². The minimum Gasteiger partial charge on any atom is -0.456 e. The lowest BCUT2D eigenvalue weighted by atomic mass is 10.1. The lowest BCUT2D eigenvalue weighted by molar-refractivity contribution is -0.146. The highest BCUT2D eigenvalue weighted by atomic mass is 79.9. The van der Waals surface area contributed by atoms with Gasteiger partial charge in [-0.05, 0) is 19.1 Å². The molecule has 1 aromatic rings. The fourth-order valence-electron chi connectivity index (χ4n) is 1.15. The molecule has 0 radical (unpaired) electrons. The number of nitrogens with two attached hydrogens (primary N) is 1. The van der Waals surface area contributed by atoms with E-state index in [0.717, 1.165) is 4.47 Å². The molecule has 3 N–H and O–H groups in total. The average molecular weight is 316 g/mol. The van der Waals surface area contributed by atoms with Gasteiger partial charge in [0, 0.05) is 10.0 Å². The molecule has 0 amide bonds. The molecule has 98 valence electrons. The Morgan fingerprint density at radius 2 is 1.94 bits per heavy atom. The first-order valence-corrected chi connectivity index (χ1v) is 6.10. The summed E-state index contributed by atoms with van der Waals surface area (Å²) in [5, 5.41) is 9.09. The molecule has 0 unspecified atom stereocenters. The largest absolute Gasteiger partial charge is 0.456 e. The van der Waals surface area contributed by atoms with Crippen LogP contribution in [0.4, 0.5) is 0 Å². The van der Waals surface area contributed by atoms with E-state index in [1.165, 1.54) is 6.92 Å². The summed E-state index contributed by atoms with van der Waals surface area (Å²) < 4.78 is 5.58. The molecule has 0 fully saturated rings. The zero-order valence-corrected chi connectivity index (χ0v) is 11.4.